The third kappa shape index (κ3) is 4.76. The Hall–Kier alpha value is -6.26. The number of hydrogen-bond donors (Lipinski definition) is 0. The van der Waals surface area contributed by atoms with Crippen molar-refractivity contribution >= 4 is 51.0 Å². The van der Waals surface area contributed by atoms with Crippen molar-refractivity contribution in [3.05, 3.63) is 181 Å². The van der Waals surface area contributed by atoms with Crippen molar-refractivity contribution in [2.24, 2.45) is 0 Å². The van der Waals surface area contributed by atoms with Gasteiger partial charge in [0.15, 0.2) is 0 Å². The van der Waals surface area contributed by atoms with Crippen LogP contribution in [0.3, 0.4) is 0 Å². The molecule has 0 N–H and O–H groups in total. The first-order valence-corrected chi connectivity index (χ1v) is 16.7. The molecule has 5 aromatic carbocycles. The van der Waals surface area contributed by atoms with E-state index in [1.165, 1.54) is 55.3 Å². The number of rotatable bonds is 6. The molecule has 0 spiro atoms. The first kappa shape index (κ1) is 28.9. The number of hydrogen-bond acceptors (Lipinski definition) is 3. The minimum absolute atomic E-state index is 0.182. The first-order chi connectivity index (χ1) is 24.1. The Bertz CT molecular complexity index is 2460. The highest BCUT2D eigenvalue weighted by molar-refractivity contribution is 6.13. The second kappa shape index (κ2) is 11.5. The molecular formula is C45H34N4. The zero-order valence-electron chi connectivity index (χ0n) is 27.5. The fraction of sp³-hybridized carbons (Fsp3) is 0.0667. The molecule has 3 aromatic heterocycles. The summed E-state index contributed by atoms with van der Waals surface area (Å²) in [6.07, 6.45) is 11.8. The minimum Gasteiger partial charge on any atom is -0.309 e. The molecule has 0 fully saturated rings. The van der Waals surface area contributed by atoms with Crippen LogP contribution in [0.2, 0.25) is 0 Å². The molecule has 8 aromatic rings. The van der Waals surface area contributed by atoms with Crippen molar-refractivity contribution in [3.63, 3.8) is 0 Å². The number of nitrogens with zero attached hydrogens (tertiary/aromatic N) is 4. The summed E-state index contributed by atoms with van der Waals surface area (Å²) in [5.41, 5.74) is 14.3. The number of aromatic nitrogens is 3. The van der Waals surface area contributed by atoms with Gasteiger partial charge in [-0.3, -0.25) is 9.97 Å². The molecule has 0 saturated heterocycles. The van der Waals surface area contributed by atoms with Gasteiger partial charge in [-0.25, -0.2) is 0 Å². The van der Waals surface area contributed by atoms with Crippen LogP contribution in [0.4, 0.5) is 17.1 Å². The molecule has 0 aliphatic heterocycles. The van der Waals surface area contributed by atoms with E-state index in [-0.39, 0.29) is 5.41 Å². The minimum atomic E-state index is -0.182. The lowest BCUT2D eigenvalue weighted by atomic mass is 9.81. The topological polar surface area (TPSA) is 34.0 Å². The summed E-state index contributed by atoms with van der Waals surface area (Å²) in [4.78, 5) is 10.9. The van der Waals surface area contributed by atoms with Crippen LogP contribution in [0.1, 0.15) is 36.1 Å². The van der Waals surface area contributed by atoms with Gasteiger partial charge in [0.25, 0.3) is 0 Å². The zero-order valence-corrected chi connectivity index (χ0v) is 27.5. The lowest BCUT2D eigenvalue weighted by Crippen LogP contribution is -2.16. The quantitative estimate of drug-likeness (QED) is 0.171. The summed E-state index contributed by atoms with van der Waals surface area (Å²) in [5, 5.41) is 2.59. The maximum atomic E-state index is 4.35. The summed E-state index contributed by atoms with van der Waals surface area (Å²) >= 11 is 0. The van der Waals surface area contributed by atoms with Gasteiger partial charge in [-0.2, -0.15) is 0 Å². The third-order valence-corrected chi connectivity index (χ3v) is 9.91. The van der Waals surface area contributed by atoms with E-state index < -0.39 is 0 Å². The Labute approximate surface area is 286 Å². The van der Waals surface area contributed by atoms with Crippen LogP contribution in [-0.4, -0.2) is 14.5 Å². The molecule has 0 unspecified atom stereocenters. The van der Waals surface area contributed by atoms with Crippen molar-refractivity contribution in [3.8, 4) is 16.8 Å². The smallest absolute Gasteiger partial charge is 0.0645 e. The van der Waals surface area contributed by atoms with Crippen LogP contribution in [-0.2, 0) is 5.41 Å². The van der Waals surface area contributed by atoms with E-state index in [1.807, 2.05) is 24.5 Å². The fourth-order valence-electron chi connectivity index (χ4n) is 7.66. The van der Waals surface area contributed by atoms with Gasteiger partial charge in [0.2, 0.25) is 0 Å². The van der Waals surface area contributed by atoms with E-state index >= 15 is 0 Å². The average molecular weight is 631 g/mol. The van der Waals surface area contributed by atoms with E-state index in [0.29, 0.717) is 0 Å². The van der Waals surface area contributed by atoms with Gasteiger partial charge < -0.3 is 9.47 Å². The second-order valence-corrected chi connectivity index (χ2v) is 13.2. The highest BCUT2D eigenvalue weighted by atomic mass is 15.2. The molecule has 0 saturated carbocycles. The summed E-state index contributed by atoms with van der Waals surface area (Å²) in [7, 11) is 0. The molecule has 1 aliphatic rings. The van der Waals surface area contributed by atoms with Crippen molar-refractivity contribution < 1.29 is 0 Å². The Kier molecular flexibility index (Phi) is 6.77. The maximum absolute atomic E-state index is 4.35. The number of benzene rings is 5. The largest absolute Gasteiger partial charge is 0.309 e. The monoisotopic (exact) mass is 630 g/mol. The van der Waals surface area contributed by atoms with E-state index in [2.05, 4.69) is 167 Å². The highest BCUT2D eigenvalue weighted by Crippen LogP contribution is 2.53. The summed E-state index contributed by atoms with van der Waals surface area (Å²) < 4.78 is 2.46. The van der Waals surface area contributed by atoms with Crippen molar-refractivity contribution in [1.82, 2.24) is 14.5 Å². The van der Waals surface area contributed by atoms with Crippen LogP contribution in [0, 0.1) is 0 Å². The molecule has 49 heavy (non-hydrogen) atoms. The number of pyridine rings is 2. The van der Waals surface area contributed by atoms with E-state index in [4.69, 9.17) is 0 Å². The number of fused-ring (bicyclic) bond motifs is 7. The van der Waals surface area contributed by atoms with Gasteiger partial charge in [0.05, 0.1) is 34.8 Å². The Morgan fingerprint density at radius 2 is 1.22 bits per heavy atom. The van der Waals surface area contributed by atoms with Crippen LogP contribution in [0.15, 0.2) is 158 Å². The first-order valence-electron chi connectivity index (χ1n) is 16.7. The Morgan fingerprint density at radius 1 is 0.571 bits per heavy atom. The maximum Gasteiger partial charge on any atom is 0.0645 e. The van der Waals surface area contributed by atoms with E-state index in [1.54, 1.807) is 12.4 Å². The summed E-state index contributed by atoms with van der Waals surface area (Å²) in [6.45, 7) is 4.76. The number of para-hydroxylation sites is 2. The van der Waals surface area contributed by atoms with Gasteiger partial charge in [0, 0.05) is 40.0 Å². The molecule has 3 heterocycles. The van der Waals surface area contributed by atoms with Gasteiger partial charge in [-0.1, -0.05) is 105 Å². The van der Waals surface area contributed by atoms with Gasteiger partial charge >= 0.3 is 0 Å². The Balaban J connectivity index is 1.08. The fourth-order valence-corrected chi connectivity index (χ4v) is 7.66. The summed E-state index contributed by atoms with van der Waals surface area (Å²) in [6, 6.07) is 47.8. The van der Waals surface area contributed by atoms with Gasteiger partial charge in [0.1, 0.15) is 0 Å². The molecule has 1 aliphatic carbocycles. The predicted octanol–water partition coefficient (Wildman–Crippen LogP) is 11.5. The molecule has 9 rings (SSSR count). The molecule has 0 bridgehead atoms. The highest BCUT2D eigenvalue weighted by Gasteiger charge is 2.38. The lowest BCUT2D eigenvalue weighted by molar-refractivity contribution is 0.663. The van der Waals surface area contributed by atoms with Crippen LogP contribution >= 0.6 is 0 Å². The standard InChI is InChI=1S/C45H34N4/c1-45(2)41-28-32(17-16-31-18-21-34(22-19-31)48(35-12-8-26-46-29-35)36-13-9-27-47-30-36)20-23-37(41)39-24-25-40-38-14-6-7-15-42(38)49(44(40)43(39)45)33-10-4-3-5-11-33/h3-30H,1-2H3. The Morgan fingerprint density at radius 3 is 1.94 bits per heavy atom. The molecule has 4 nitrogen and oxygen atoms in total. The van der Waals surface area contributed by atoms with E-state index in [9.17, 15) is 0 Å². The summed E-state index contributed by atoms with van der Waals surface area (Å²) in [5.74, 6) is 0. The van der Waals surface area contributed by atoms with Gasteiger partial charge in [-0.15, -0.1) is 0 Å². The molecular weight excluding hydrogens is 597 g/mol. The van der Waals surface area contributed by atoms with Crippen LogP contribution in [0.5, 0.6) is 0 Å². The normalized spacial score (nSPS) is 13.2. The third-order valence-electron chi connectivity index (χ3n) is 9.91. The molecule has 0 radical (unpaired) electrons. The molecule has 4 heteroatoms. The van der Waals surface area contributed by atoms with Crippen LogP contribution in [0.25, 0.3) is 50.8 Å². The van der Waals surface area contributed by atoms with Crippen molar-refractivity contribution in [2.75, 3.05) is 4.90 Å². The second-order valence-electron chi connectivity index (χ2n) is 13.2. The van der Waals surface area contributed by atoms with Gasteiger partial charge in [-0.05, 0) is 88.0 Å². The van der Waals surface area contributed by atoms with Crippen molar-refractivity contribution in [1.29, 1.82) is 0 Å². The molecule has 234 valence electrons. The molecule has 0 atom stereocenters. The lowest BCUT2D eigenvalue weighted by Gasteiger charge is -2.24. The number of anilines is 3. The molecule has 0 amide bonds. The zero-order chi connectivity index (χ0) is 33.0. The average Bonchev–Trinajstić information content (AvgIpc) is 3.61. The van der Waals surface area contributed by atoms with E-state index in [0.717, 1.165) is 22.6 Å². The van der Waals surface area contributed by atoms with Crippen LogP contribution < -0.4 is 4.90 Å². The SMILES string of the molecule is CC1(C)c2cc(C=Cc3ccc(N(c4cccnc4)c4cccnc4)cc3)ccc2-c2ccc3c4ccccc4n(-c4ccccc4)c3c21. The predicted molar refractivity (Wildman–Crippen MR) is 204 cm³/mol. The van der Waals surface area contributed by atoms with Crippen molar-refractivity contribution in [2.45, 2.75) is 19.3 Å².